The number of pyridine rings is 2. The molecule has 4 heteroatoms. The fourth-order valence-electron chi connectivity index (χ4n) is 2.80. The highest BCUT2D eigenvalue weighted by atomic mass is 16.1. The number of hydrogen-bond acceptors (Lipinski definition) is 3. The Kier molecular flexibility index (Phi) is 4.70. The molecule has 0 spiro atoms. The van der Waals surface area contributed by atoms with Crippen molar-refractivity contribution in [1.29, 1.82) is 0 Å². The first-order valence-electron chi connectivity index (χ1n) is 7.98. The standard InChI is InChI=1S/C21H18N2O2/c1-14-11-15(2)23-21(25)19(14)20(24)18(17-8-4-3-5-9-17)12-16-7-6-10-22-13-16/h3-13H,1-2H3,(H,23,25). The average Bonchev–Trinajstić information content (AvgIpc) is 2.60. The van der Waals surface area contributed by atoms with Crippen LogP contribution in [0.15, 0.2) is 65.7 Å². The smallest absolute Gasteiger partial charge is 0.259 e. The molecule has 0 unspecified atom stereocenters. The van der Waals surface area contributed by atoms with Crippen molar-refractivity contribution in [2.45, 2.75) is 13.8 Å². The van der Waals surface area contributed by atoms with Gasteiger partial charge in [0.2, 0.25) is 0 Å². The molecule has 0 bridgehead atoms. The maximum absolute atomic E-state index is 13.2. The van der Waals surface area contributed by atoms with E-state index in [9.17, 15) is 9.59 Å². The van der Waals surface area contributed by atoms with Gasteiger partial charge < -0.3 is 4.98 Å². The van der Waals surface area contributed by atoms with Gasteiger partial charge in [0.1, 0.15) is 0 Å². The predicted octanol–water partition coefficient (Wildman–Crippen LogP) is 3.81. The summed E-state index contributed by atoms with van der Waals surface area (Å²) in [5.41, 5.74) is 3.23. The number of rotatable bonds is 4. The van der Waals surface area contributed by atoms with Crippen molar-refractivity contribution in [2.75, 3.05) is 0 Å². The number of benzene rings is 1. The van der Waals surface area contributed by atoms with Crippen LogP contribution >= 0.6 is 0 Å². The third-order valence-electron chi connectivity index (χ3n) is 3.92. The Morgan fingerprint density at radius 2 is 1.84 bits per heavy atom. The van der Waals surface area contributed by atoms with E-state index in [1.807, 2.05) is 42.5 Å². The van der Waals surface area contributed by atoms with Crippen LogP contribution in [0.5, 0.6) is 0 Å². The first-order chi connectivity index (χ1) is 12.1. The number of H-pyrrole nitrogens is 1. The summed E-state index contributed by atoms with van der Waals surface area (Å²) < 4.78 is 0. The van der Waals surface area contributed by atoms with Crippen molar-refractivity contribution in [3.05, 3.63) is 99.2 Å². The minimum Gasteiger partial charge on any atom is -0.326 e. The fourth-order valence-corrected chi connectivity index (χ4v) is 2.80. The first-order valence-corrected chi connectivity index (χ1v) is 7.98. The maximum atomic E-state index is 13.2. The number of aryl methyl sites for hydroxylation is 2. The van der Waals surface area contributed by atoms with Gasteiger partial charge in [-0.3, -0.25) is 14.6 Å². The van der Waals surface area contributed by atoms with Crippen LogP contribution in [0.2, 0.25) is 0 Å². The van der Waals surface area contributed by atoms with E-state index >= 15 is 0 Å². The molecule has 3 aromatic rings. The Balaban J connectivity index is 2.18. The van der Waals surface area contributed by atoms with Crippen molar-refractivity contribution in [1.82, 2.24) is 9.97 Å². The summed E-state index contributed by atoms with van der Waals surface area (Å²) in [5, 5.41) is 0. The summed E-state index contributed by atoms with van der Waals surface area (Å²) in [4.78, 5) is 32.4. The Labute approximate surface area is 145 Å². The van der Waals surface area contributed by atoms with Crippen molar-refractivity contribution in [2.24, 2.45) is 0 Å². The summed E-state index contributed by atoms with van der Waals surface area (Å²) in [6.45, 7) is 3.58. The SMILES string of the molecule is Cc1cc(C)c(C(=O)C(=Cc2cccnc2)c2ccccc2)c(=O)[nH]1. The van der Waals surface area contributed by atoms with Crippen LogP contribution in [0.25, 0.3) is 11.6 Å². The van der Waals surface area contributed by atoms with Gasteiger partial charge in [-0.1, -0.05) is 36.4 Å². The number of carbonyl (C=O) groups is 1. The van der Waals surface area contributed by atoms with Crippen molar-refractivity contribution >= 4 is 17.4 Å². The third kappa shape index (κ3) is 3.63. The van der Waals surface area contributed by atoms with Gasteiger partial charge in [0.25, 0.3) is 5.56 Å². The van der Waals surface area contributed by atoms with Crippen molar-refractivity contribution in [3.63, 3.8) is 0 Å². The Hall–Kier alpha value is -3.27. The minimum atomic E-state index is -0.365. The zero-order valence-corrected chi connectivity index (χ0v) is 14.1. The molecule has 124 valence electrons. The monoisotopic (exact) mass is 330 g/mol. The average molecular weight is 330 g/mol. The molecule has 0 aliphatic carbocycles. The van der Waals surface area contributed by atoms with E-state index in [1.54, 1.807) is 38.4 Å². The lowest BCUT2D eigenvalue weighted by Crippen LogP contribution is -2.21. The molecule has 0 fully saturated rings. The summed E-state index contributed by atoms with van der Waals surface area (Å²) in [7, 11) is 0. The lowest BCUT2D eigenvalue weighted by atomic mass is 9.93. The third-order valence-corrected chi connectivity index (χ3v) is 3.92. The molecule has 0 saturated heterocycles. The highest BCUT2D eigenvalue weighted by Crippen LogP contribution is 2.23. The Bertz CT molecular complexity index is 987. The van der Waals surface area contributed by atoms with E-state index in [0.717, 1.165) is 16.8 Å². The highest BCUT2D eigenvalue weighted by Gasteiger charge is 2.20. The number of ketones is 1. The first kappa shape index (κ1) is 16.6. The van der Waals surface area contributed by atoms with Crippen LogP contribution in [0.1, 0.15) is 32.7 Å². The number of aromatic amines is 1. The quantitative estimate of drug-likeness (QED) is 0.584. The van der Waals surface area contributed by atoms with Crippen LogP contribution in [0.4, 0.5) is 0 Å². The van der Waals surface area contributed by atoms with Crippen molar-refractivity contribution in [3.8, 4) is 0 Å². The van der Waals surface area contributed by atoms with Gasteiger partial charge in [0, 0.05) is 23.7 Å². The normalized spacial score (nSPS) is 11.4. The number of nitrogens with one attached hydrogen (secondary N) is 1. The number of aromatic nitrogens is 2. The number of hydrogen-bond donors (Lipinski definition) is 1. The van der Waals surface area contributed by atoms with Gasteiger partial charge in [0.05, 0.1) is 5.56 Å². The van der Waals surface area contributed by atoms with Crippen LogP contribution in [-0.2, 0) is 0 Å². The molecule has 25 heavy (non-hydrogen) atoms. The van der Waals surface area contributed by atoms with E-state index in [4.69, 9.17) is 0 Å². The molecule has 4 nitrogen and oxygen atoms in total. The van der Waals surface area contributed by atoms with Crippen LogP contribution in [0.3, 0.4) is 0 Å². The molecular weight excluding hydrogens is 312 g/mol. The van der Waals surface area contributed by atoms with Gasteiger partial charge in [-0.05, 0) is 48.7 Å². The Morgan fingerprint density at radius 3 is 2.48 bits per heavy atom. The molecule has 1 aromatic carbocycles. The Morgan fingerprint density at radius 1 is 1.08 bits per heavy atom. The van der Waals surface area contributed by atoms with E-state index in [1.165, 1.54) is 0 Å². The van der Waals surface area contributed by atoms with Gasteiger partial charge in [-0.15, -0.1) is 0 Å². The number of Topliss-reactive ketones (excluding diaryl/α,β-unsaturated/α-hetero) is 1. The van der Waals surface area contributed by atoms with E-state index < -0.39 is 0 Å². The van der Waals surface area contributed by atoms with Crippen molar-refractivity contribution < 1.29 is 4.79 Å². The second-order valence-electron chi connectivity index (χ2n) is 5.88. The fraction of sp³-hybridized carbons (Fsp3) is 0.0952. The molecule has 0 amide bonds. The van der Waals surface area contributed by atoms with Gasteiger partial charge in [-0.25, -0.2) is 0 Å². The highest BCUT2D eigenvalue weighted by molar-refractivity contribution is 6.32. The maximum Gasteiger partial charge on any atom is 0.259 e. The molecule has 0 saturated carbocycles. The second kappa shape index (κ2) is 7.09. The van der Waals surface area contributed by atoms with E-state index in [2.05, 4.69) is 9.97 Å². The summed E-state index contributed by atoms with van der Waals surface area (Å²) >= 11 is 0. The number of nitrogens with zero attached hydrogens (tertiary/aromatic N) is 1. The van der Waals surface area contributed by atoms with E-state index in [-0.39, 0.29) is 16.9 Å². The summed E-state index contributed by atoms with van der Waals surface area (Å²) in [5.74, 6) is -0.297. The summed E-state index contributed by atoms with van der Waals surface area (Å²) in [6.07, 6.45) is 5.13. The van der Waals surface area contributed by atoms with Gasteiger partial charge in [0.15, 0.2) is 5.78 Å². The second-order valence-corrected chi connectivity index (χ2v) is 5.88. The molecule has 2 aromatic heterocycles. The zero-order chi connectivity index (χ0) is 17.8. The lowest BCUT2D eigenvalue weighted by molar-refractivity contribution is 0.105. The number of carbonyl (C=O) groups excluding carboxylic acids is 1. The molecule has 3 rings (SSSR count). The molecule has 0 aliphatic heterocycles. The van der Waals surface area contributed by atoms with Crippen LogP contribution in [0, 0.1) is 13.8 Å². The van der Waals surface area contributed by atoms with Gasteiger partial charge in [-0.2, -0.15) is 0 Å². The molecule has 1 N–H and O–H groups in total. The van der Waals surface area contributed by atoms with Crippen LogP contribution < -0.4 is 5.56 Å². The van der Waals surface area contributed by atoms with E-state index in [0.29, 0.717) is 11.1 Å². The summed E-state index contributed by atoms with van der Waals surface area (Å²) in [6, 6.07) is 14.8. The molecule has 0 radical (unpaired) electrons. The largest absolute Gasteiger partial charge is 0.326 e. The number of allylic oxidation sites excluding steroid dienone is 1. The van der Waals surface area contributed by atoms with Gasteiger partial charge >= 0.3 is 0 Å². The topological polar surface area (TPSA) is 62.8 Å². The molecule has 0 atom stereocenters. The lowest BCUT2D eigenvalue weighted by Gasteiger charge is -2.10. The predicted molar refractivity (Wildman–Crippen MR) is 99.4 cm³/mol. The molecule has 2 heterocycles. The molecular formula is C21H18N2O2. The van der Waals surface area contributed by atoms with Crippen LogP contribution in [-0.4, -0.2) is 15.8 Å². The minimum absolute atomic E-state index is 0.171. The molecule has 0 aliphatic rings. The zero-order valence-electron chi connectivity index (χ0n) is 14.1.